The molecule has 88 valence electrons. The van der Waals surface area contributed by atoms with Crippen LogP contribution in [0.25, 0.3) is 0 Å². The fraction of sp³-hybridized carbons (Fsp3) is 0.125. The zero-order valence-corrected chi connectivity index (χ0v) is 10.7. The zero-order chi connectivity index (χ0) is 12.2. The normalized spacial score (nSPS) is 10.9. The van der Waals surface area contributed by atoms with Gasteiger partial charge in [0.05, 0.1) is 6.26 Å². The molecule has 1 aromatic carbocycles. The number of halogens is 1. The average molecular weight is 280 g/mol. The van der Waals surface area contributed by atoms with Crippen LogP contribution < -0.4 is 15.6 Å². The second-order valence-corrected chi connectivity index (χ2v) is 5.55. The van der Waals surface area contributed by atoms with E-state index in [0.717, 1.165) is 6.26 Å². The van der Waals surface area contributed by atoms with Gasteiger partial charge in [-0.05, 0) is 36.5 Å². The Bertz CT molecular complexity index is 473. The molecule has 0 radical (unpaired) electrons. The van der Waals surface area contributed by atoms with E-state index < -0.39 is 10.0 Å². The second-order valence-electron chi connectivity index (χ2n) is 2.96. The predicted molar refractivity (Wildman–Crippen MR) is 68.8 cm³/mol. The summed E-state index contributed by atoms with van der Waals surface area (Å²) in [5, 5.41) is 3.53. The number of anilines is 1. The van der Waals surface area contributed by atoms with Crippen molar-refractivity contribution in [3.8, 4) is 0 Å². The third-order valence-corrected chi connectivity index (χ3v) is 2.38. The summed E-state index contributed by atoms with van der Waals surface area (Å²) in [4.78, 5) is 2.05. The van der Waals surface area contributed by atoms with Crippen LogP contribution in [0.15, 0.2) is 24.3 Å². The molecule has 0 unspecified atom stereocenters. The Balaban J connectivity index is 2.49. The van der Waals surface area contributed by atoms with E-state index in [2.05, 4.69) is 10.7 Å². The van der Waals surface area contributed by atoms with Gasteiger partial charge in [-0.25, -0.2) is 8.42 Å². The molecule has 0 spiro atoms. The van der Waals surface area contributed by atoms with Gasteiger partial charge in [0.1, 0.15) is 0 Å². The number of rotatable bonds is 3. The van der Waals surface area contributed by atoms with E-state index in [1.165, 1.54) is 0 Å². The lowest BCUT2D eigenvalue weighted by Crippen LogP contribution is -2.43. The van der Waals surface area contributed by atoms with Gasteiger partial charge in [-0.15, -0.1) is 4.83 Å². The summed E-state index contributed by atoms with van der Waals surface area (Å²) in [6.45, 7) is 0. The third-order valence-electron chi connectivity index (χ3n) is 1.45. The van der Waals surface area contributed by atoms with Gasteiger partial charge in [0.15, 0.2) is 5.11 Å². The Morgan fingerprint density at radius 1 is 1.31 bits per heavy atom. The third kappa shape index (κ3) is 5.26. The van der Waals surface area contributed by atoms with Crippen LogP contribution in [0.3, 0.4) is 0 Å². The maximum absolute atomic E-state index is 10.8. The lowest BCUT2D eigenvalue weighted by Gasteiger charge is -2.10. The minimum Gasteiger partial charge on any atom is -0.332 e. The lowest BCUT2D eigenvalue weighted by atomic mass is 10.3. The molecule has 0 bridgehead atoms. The largest absolute Gasteiger partial charge is 0.332 e. The highest BCUT2D eigenvalue weighted by Gasteiger charge is 2.01. The first-order chi connectivity index (χ1) is 7.37. The van der Waals surface area contributed by atoms with E-state index >= 15 is 0 Å². The highest BCUT2D eigenvalue weighted by molar-refractivity contribution is 7.88. The summed E-state index contributed by atoms with van der Waals surface area (Å²) in [5.41, 5.74) is 3.04. The monoisotopic (exact) mass is 279 g/mol. The molecule has 0 amide bonds. The highest BCUT2D eigenvalue weighted by atomic mass is 35.5. The molecule has 0 saturated carbocycles. The van der Waals surface area contributed by atoms with Gasteiger partial charge in [-0.3, -0.25) is 5.43 Å². The number of thiocarbonyl (C=S) groups is 1. The smallest absolute Gasteiger partial charge is 0.225 e. The van der Waals surface area contributed by atoms with E-state index in [0.29, 0.717) is 10.7 Å². The van der Waals surface area contributed by atoms with Gasteiger partial charge in [-0.1, -0.05) is 11.6 Å². The molecule has 0 saturated heterocycles. The fourth-order valence-electron chi connectivity index (χ4n) is 0.835. The first-order valence-corrected chi connectivity index (χ1v) is 6.84. The lowest BCUT2D eigenvalue weighted by molar-refractivity contribution is 0.584. The number of benzene rings is 1. The van der Waals surface area contributed by atoms with Crippen molar-refractivity contribution in [1.82, 2.24) is 10.3 Å². The molecule has 0 heterocycles. The van der Waals surface area contributed by atoms with Crippen LogP contribution in [0.4, 0.5) is 5.69 Å². The summed E-state index contributed by atoms with van der Waals surface area (Å²) < 4.78 is 21.5. The molecule has 0 aromatic heterocycles. The first kappa shape index (κ1) is 13.2. The Morgan fingerprint density at radius 3 is 2.38 bits per heavy atom. The van der Waals surface area contributed by atoms with Crippen LogP contribution in [-0.4, -0.2) is 19.8 Å². The maximum Gasteiger partial charge on any atom is 0.225 e. The summed E-state index contributed by atoms with van der Waals surface area (Å²) in [6, 6.07) is 6.82. The van der Waals surface area contributed by atoms with Crippen LogP contribution in [0.2, 0.25) is 5.02 Å². The minimum atomic E-state index is -3.33. The van der Waals surface area contributed by atoms with Crippen molar-refractivity contribution in [1.29, 1.82) is 0 Å². The molecule has 8 heteroatoms. The van der Waals surface area contributed by atoms with Crippen LogP contribution in [-0.2, 0) is 10.0 Å². The molecule has 0 fully saturated rings. The SMILES string of the molecule is CS(=O)(=O)NNC(=S)Nc1ccc(Cl)cc1. The van der Waals surface area contributed by atoms with Crippen LogP contribution in [0, 0.1) is 0 Å². The van der Waals surface area contributed by atoms with Gasteiger partial charge in [-0.2, -0.15) is 0 Å². The van der Waals surface area contributed by atoms with E-state index in [9.17, 15) is 8.42 Å². The summed E-state index contributed by atoms with van der Waals surface area (Å²) in [6.07, 6.45) is 1.02. The fourth-order valence-corrected chi connectivity index (χ4v) is 1.48. The predicted octanol–water partition coefficient (Wildman–Crippen LogP) is 1.09. The van der Waals surface area contributed by atoms with E-state index in [1.54, 1.807) is 24.3 Å². The number of hydrazine groups is 1. The van der Waals surface area contributed by atoms with Crippen molar-refractivity contribution in [3.63, 3.8) is 0 Å². The van der Waals surface area contributed by atoms with Crippen LogP contribution in [0.5, 0.6) is 0 Å². The Hall–Kier alpha value is -0.890. The van der Waals surface area contributed by atoms with Gasteiger partial charge in [0.2, 0.25) is 10.0 Å². The summed E-state index contributed by atoms with van der Waals surface area (Å²) >= 11 is 10.6. The van der Waals surface area contributed by atoms with Crippen molar-refractivity contribution in [2.75, 3.05) is 11.6 Å². The van der Waals surface area contributed by atoms with Crippen molar-refractivity contribution >= 4 is 44.6 Å². The number of hydrogen-bond acceptors (Lipinski definition) is 3. The molecule has 0 aliphatic rings. The van der Waals surface area contributed by atoms with Gasteiger partial charge < -0.3 is 5.32 Å². The molecule has 16 heavy (non-hydrogen) atoms. The zero-order valence-electron chi connectivity index (χ0n) is 8.32. The molecule has 5 nitrogen and oxygen atoms in total. The Labute approximate surface area is 104 Å². The average Bonchev–Trinajstić information content (AvgIpc) is 2.18. The Morgan fingerprint density at radius 2 is 1.88 bits per heavy atom. The Kier molecular flexibility index (Phi) is 4.48. The molecular formula is C8H10ClN3O2S2. The van der Waals surface area contributed by atoms with Crippen molar-refractivity contribution < 1.29 is 8.42 Å². The van der Waals surface area contributed by atoms with Crippen molar-refractivity contribution in [3.05, 3.63) is 29.3 Å². The second kappa shape index (κ2) is 5.44. The highest BCUT2D eigenvalue weighted by Crippen LogP contribution is 2.12. The van der Waals surface area contributed by atoms with E-state index in [4.69, 9.17) is 23.8 Å². The molecule has 1 rings (SSSR count). The molecule has 0 aliphatic carbocycles. The van der Waals surface area contributed by atoms with Gasteiger partial charge in [0.25, 0.3) is 0 Å². The number of hydrogen-bond donors (Lipinski definition) is 3. The van der Waals surface area contributed by atoms with Crippen LogP contribution in [0.1, 0.15) is 0 Å². The number of nitrogens with one attached hydrogen (secondary N) is 3. The van der Waals surface area contributed by atoms with Crippen molar-refractivity contribution in [2.24, 2.45) is 0 Å². The van der Waals surface area contributed by atoms with Gasteiger partial charge in [0, 0.05) is 10.7 Å². The van der Waals surface area contributed by atoms with E-state index in [-0.39, 0.29) is 5.11 Å². The summed E-state index contributed by atoms with van der Waals surface area (Å²) in [7, 11) is -3.33. The minimum absolute atomic E-state index is 0.146. The van der Waals surface area contributed by atoms with Crippen molar-refractivity contribution in [2.45, 2.75) is 0 Å². The van der Waals surface area contributed by atoms with Gasteiger partial charge >= 0.3 is 0 Å². The summed E-state index contributed by atoms with van der Waals surface area (Å²) in [5.74, 6) is 0. The standard InChI is InChI=1S/C8H10ClN3O2S2/c1-16(13,14)12-11-8(15)10-7-4-2-6(9)3-5-7/h2-5,12H,1H3,(H2,10,11,15). The van der Waals surface area contributed by atoms with Crippen LogP contribution >= 0.6 is 23.8 Å². The topological polar surface area (TPSA) is 70.2 Å². The quantitative estimate of drug-likeness (QED) is 0.571. The molecule has 0 aliphatic heterocycles. The molecule has 1 aromatic rings. The number of sulfonamides is 1. The molecule has 3 N–H and O–H groups in total. The molecule has 0 atom stereocenters. The van der Waals surface area contributed by atoms with E-state index in [1.807, 2.05) is 4.83 Å². The molecular weight excluding hydrogens is 270 g/mol. The maximum atomic E-state index is 10.8. The first-order valence-electron chi connectivity index (χ1n) is 4.16.